The number of carbonyl (C=O) groups excluding carboxylic acids is 1. The fraction of sp³-hybridized carbons (Fsp3) is 0.667. The molecule has 0 saturated heterocycles. The zero-order valence-electron chi connectivity index (χ0n) is 43.3. The summed E-state index contributed by atoms with van der Waals surface area (Å²) in [4.78, 5) is 13.5. The van der Waals surface area contributed by atoms with E-state index in [-0.39, 0.29) is 50.6 Å². The van der Waals surface area contributed by atoms with Crippen molar-refractivity contribution in [2.45, 2.75) is 154 Å². The van der Waals surface area contributed by atoms with Crippen LogP contribution in [0.3, 0.4) is 0 Å². The van der Waals surface area contributed by atoms with Gasteiger partial charge >= 0.3 is 12.1 Å². The van der Waals surface area contributed by atoms with Gasteiger partial charge in [-0.05, 0) is 133 Å². The summed E-state index contributed by atoms with van der Waals surface area (Å²) in [5.74, 6) is 3.61. The number of alkyl halides is 4. The third-order valence-corrected chi connectivity index (χ3v) is 19.8. The van der Waals surface area contributed by atoms with E-state index in [2.05, 4.69) is 71.3 Å². The molecule has 8 nitrogen and oxygen atoms in total. The first kappa shape index (κ1) is 53.1. The number of methoxy groups -OCH3 is 4. The van der Waals surface area contributed by atoms with Crippen molar-refractivity contribution < 1.29 is 51.9 Å². The lowest BCUT2D eigenvalue weighted by Gasteiger charge is -2.62. The lowest BCUT2D eigenvalue weighted by Crippen LogP contribution is -2.61. The Labute approximate surface area is 414 Å². The number of hydrogen-bond acceptors (Lipinski definition) is 8. The third kappa shape index (κ3) is 8.04. The average molecular weight is 984 g/mol. The second-order valence-corrected chi connectivity index (χ2v) is 23.3. The van der Waals surface area contributed by atoms with Crippen LogP contribution in [0.1, 0.15) is 135 Å². The van der Waals surface area contributed by atoms with Gasteiger partial charge in [0.05, 0.1) is 41.2 Å². The van der Waals surface area contributed by atoms with E-state index >= 15 is 0 Å². The van der Waals surface area contributed by atoms with Crippen LogP contribution in [0.4, 0.5) is 13.2 Å². The molecule has 4 saturated carbocycles. The Bertz CT molecular complexity index is 2350. The largest absolute Gasteiger partial charge is 0.497 e. The predicted octanol–water partition coefficient (Wildman–Crippen LogP) is 12.4. The Morgan fingerprint density at radius 3 is 1.51 bits per heavy atom. The van der Waals surface area contributed by atoms with E-state index < -0.39 is 35.7 Å². The van der Waals surface area contributed by atoms with Crippen molar-refractivity contribution >= 4 is 17.6 Å². The van der Waals surface area contributed by atoms with Gasteiger partial charge in [-0.25, -0.2) is 0 Å². The second kappa shape index (κ2) is 18.7. The van der Waals surface area contributed by atoms with Crippen molar-refractivity contribution in [1.82, 2.24) is 0 Å². The molecule has 0 heterocycles. The normalized spacial score (nSPS) is 34.1. The Morgan fingerprint density at radius 1 is 0.638 bits per heavy atom. The minimum atomic E-state index is -5.03. The van der Waals surface area contributed by atoms with Crippen molar-refractivity contribution in [1.29, 1.82) is 0 Å². The van der Waals surface area contributed by atoms with Gasteiger partial charge in [0.2, 0.25) is 5.41 Å². The van der Waals surface area contributed by atoms with Gasteiger partial charge in [-0.1, -0.05) is 85.7 Å². The third-order valence-electron chi connectivity index (χ3n) is 19.8. The predicted molar refractivity (Wildman–Crippen MR) is 265 cm³/mol. The highest BCUT2D eigenvalue weighted by molar-refractivity contribution is 6.15. The molecule has 0 unspecified atom stereocenters. The Balaban J connectivity index is 0.000000215. The van der Waals surface area contributed by atoms with Gasteiger partial charge in [0.1, 0.15) is 29.1 Å². The van der Waals surface area contributed by atoms with E-state index in [1.807, 2.05) is 19.9 Å². The van der Waals surface area contributed by atoms with Crippen LogP contribution in [-0.4, -0.2) is 76.0 Å². The molecule has 0 radical (unpaired) electrons. The Hall–Kier alpha value is -3.67. The number of carbonyl (C=O) groups is 1. The smallest absolute Gasteiger partial charge is 0.411 e. The number of ether oxygens (including phenoxy) is 5. The van der Waals surface area contributed by atoms with E-state index in [1.165, 1.54) is 65.7 Å². The standard InChI is InChI=1S/C33H41F3O5.C23H34O3.CH3Cl/c1-29(2)24-12-14-31(4)25(17-20-16-22(39-5)18-23(40-6)27(20)31)30(24,3)15-13-26(29)41-28(38)32(19-37,33(34,35)36)21-10-8-7-9-11-21;1-21(2)17-7-9-23(4)18(22(17,3)10-8-19(21)24)12-14-11-15(25-5)13-16(26-6)20(14)23;1-2/h7-11,16,18,24-26,37H,12-15,17,19H2,1-6H3;11,13,17-19,24H,7-10,12H2,1-6H3;1H3/t24-,25+,26-,30-,31+,32+;17-,18+,19-,22-,23+;/m11./s1. The first-order valence-corrected chi connectivity index (χ1v) is 25.6. The molecule has 0 aliphatic heterocycles. The van der Waals surface area contributed by atoms with Gasteiger partial charge < -0.3 is 33.9 Å². The molecule has 6 aliphatic rings. The Morgan fingerprint density at radius 2 is 1.09 bits per heavy atom. The lowest BCUT2D eigenvalue weighted by molar-refractivity contribution is -0.230. The van der Waals surface area contributed by atoms with E-state index in [0.29, 0.717) is 18.3 Å². The summed E-state index contributed by atoms with van der Waals surface area (Å²) < 4.78 is 72.2. The topological polar surface area (TPSA) is 104 Å². The maximum absolute atomic E-state index is 14.5. The monoisotopic (exact) mass is 983 g/mol. The molecular weight excluding hydrogens is 905 g/mol. The van der Waals surface area contributed by atoms with Crippen molar-refractivity contribution in [3.8, 4) is 23.0 Å². The first-order chi connectivity index (χ1) is 32.4. The quantitative estimate of drug-likeness (QED) is 0.170. The maximum Gasteiger partial charge on any atom is 0.411 e. The van der Waals surface area contributed by atoms with Crippen LogP contribution < -0.4 is 18.9 Å². The molecule has 69 heavy (non-hydrogen) atoms. The van der Waals surface area contributed by atoms with Gasteiger partial charge in [0.25, 0.3) is 0 Å². The number of fused-ring (bicyclic) bond motifs is 10. The van der Waals surface area contributed by atoms with E-state index in [4.69, 9.17) is 23.7 Å². The average Bonchev–Trinajstić information content (AvgIpc) is 3.81. The van der Waals surface area contributed by atoms with Gasteiger partial charge in [0, 0.05) is 45.9 Å². The van der Waals surface area contributed by atoms with Crippen molar-refractivity contribution in [3.05, 3.63) is 82.4 Å². The highest BCUT2D eigenvalue weighted by atomic mass is 35.5. The molecule has 3 aromatic rings. The number of aliphatic hydroxyl groups excluding tert-OH is 2. The second-order valence-electron chi connectivity index (χ2n) is 23.3. The molecule has 3 aromatic carbocycles. The maximum atomic E-state index is 14.5. The summed E-state index contributed by atoms with van der Waals surface area (Å²) >= 11 is 4.64. The van der Waals surface area contributed by atoms with Gasteiger partial charge in [-0.3, -0.25) is 4.79 Å². The zero-order valence-corrected chi connectivity index (χ0v) is 44.1. The van der Waals surface area contributed by atoms with Crippen LogP contribution in [0.2, 0.25) is 0 Å². The number of benzene rings is 3. The molecular formula is C57H78ClF3O8. The van der Waals surface area contributed by atoms with Crippen molar-refractivity contribution in [2.24, 2.45) is 45.3 Å². The lowest BCUT2D eigenvalue weighted by atomic mass is 9.43. The molecule has 2 N–H and O–H groups in total. The van der Waals surface area contributed by atoms with Crippen molar-refractivity contribution in [3.63, 3.8) is 0 Å². The van der Waals surface area contributed by atoms with Crippen molar-refractivity contribution in [2.75, 3.05) is 41.4 Å². The van der Waals surface area contributed by atoms with Gasteiger partial charge in [0.15, 0.2) is 0 Å². The summed E-state index contributed by atoms with van der Waals surface area (Å²) in [6.07, 6.45) is 4.81. The number of aliphatic hydroxyl groups is 2. The van der Waals surface area contributed by atoms with Crippen LogP contribution in [-0.2, 0) is 38.6 Å². The van der Waals surface area contributed by atoms with Gasteiger partial charge in [-0.15, -0.1) is 11.6 Å². The van der Waals surface area contributed by atoms with E-state index in [9.17, 15) is 28.2 Å². The van der Waals surface area contributed by atoms with Crippen LogP contribution in [0.15, 0.2) is 54.6 Å². The minimum Gasteiger partial charge on any atom is -0.497 e. The zero-order chi connectivity index (χ0) is 50.9. The first-order valence-electron chi connectivity index (χ1n) is 24.9. The fourth-order valence-electron chi connectivity index (χ4n) is 16.3. The number of esters is 1. The molecule has 6 aliphatic carbocycles. The molecule has 9 rings (SSSR count). The van der Waals surface area contributed by atoms with Crippen LogP contribution >= 0.6 is 11.6 Å². The summed E-state index contributed by atoms with van der Waals surface area (Å²) in [6, 6.07) is 15.2. The molecule has 12 heteroatoms. The van der Waals surface area contributed by atoms with Crippen LogP contribution in [0, 0.1) is 45.3 Å². The summed E-state index contributed by atoms with van der Waals surface area (Å²) in [6.45, 7) is 16.8. The molecule has 0 spiro atoms. The van der Waals surface area contributed by atoms with Crippen LogP contribution in [0.25, 0.3) is 0 Å². The summed E-state index contributed by atoms with van der Waals surface area (Å²) in [5, 5.41) is 20.8. The number of rotatable bonds is 8. The SMILES string of the molecule is CCl.COc1cc2c(c(OC)c1)[C@@]1(C)CC[C@@H]3C(C)(C)[C@H](O)CC[C@@]3(C)[C@@H]1C2.COc1cc2c(c(OC)c1)[C@@]1(C)CC[C@@H]3C(C)(C)[C@H](OC(=O)[C@](CO)(c4ccccc4)C(F)(F)F)CC[C@@]3(C)[C@@H]1C2. The molecule has 382 valence electrons. The Kier molecular flexibility index (Phi) is 14.4. The highest BCUT2D eigenvalue weighted by Gasteiger charge is 2.67. The highest BCUT2D eigenvalue weighted by Crippen LogP contribution is 2.70. The number of hydrogen-bond donors (Lipinski definition) is 2. The molecule has 0 aromatic heterocycles. The summed E-state index contributed by atoms with van der Waals surface area (Å²) in [5.41, 5.74) is 1.38. The molecule has 0 amide bonds. The van der Waals surface area contributed by atoms with Gasteiger partial charge in [-0.2, -0.15) is 13.2 Å². The molecule has 11 atom stereocenters. The van der Waals surface area contributed by atoms with Crippen LogP contribution in [0.5, 0.6) is 23.0 Å². The fourth-order valence-corrected chi connectivity index (χ4v) is 16.3. The van der Waals surface area contributed by atoms with E-state index in [0.717, 1.165) is 67.9 Å². The van der Waals surface area contributed by atoms with E-state index in [1.54, 1.807) is 34.5 Å². The molecule has 0 bridgehead atoms. The number of halogens is 4. The minimum absolute atomic E-state index is 0.00905. The summed E-state index contributed by atoms with van der Waals surface area (Å²) in [7, 11) is 6.84. The molecule has 4 fully saturated rings.